The summed E-state index contributed by atoms with van der Waals surface area (Å²) in [6.07, 6.45) is 0.679. The monoisotopic (exact) mass is 286 g/mol. The number of nitrogens with one attached hydrogen (secondary N) is 2. The van der Waals surface area contributed by atoms with Crippen molar-refractivity contribution in [3.05, 3.63) is 71.0 Å². The number of halogens is 1. The van der Waals surface area contributed by atoms with E-state index in [2.05, 4.69) is 10.6 Å². The summed E-state index contributed by atoms with van der Waals surface area (Å²) in [6.45, 7) is 3.04. The number of hydrogen-bond donors (Lipinski definition) is 2. The van der Waals surface area contributed by atoms with Gasteiger partial charge in [-0.25, -0.2) is 9.18 Å². The second kappa shape index (κ2) is 7.43. The van der Waals surface area contributed by atoms with Crippen LogP contribution in [0.3, 0.4) is 0 Å². The van der Waals surface area contributed by atoms with Crippen molar-refractivity contribution in [2.24, 2.45) is 0 Å². The van der Waals surface area contributed by atoms with E-state index in [4.69, 9.17) is 0 Å². The van der Waals surface area contributed by atoms with Crippen molar-refractivity contribution >= 4 is 6.03 Å². The molecule has 0 bridgehead atoms. The van der Waals surface area contributed by atoms with Crippen LogP contribution in [0.2, 0.25) is 0 Å². The summed E-state index contributed by atoms with van der Waals surface area (Å²) in [5, 5.41) is 5.60. The van der Waals surface area contributed by atoms with Gasteiger partial charge in [0, 0.05) is 13.1 Å². The van der Waals surface area contributed by atoms with Crippen LogP contribution in [0.1, 0.15) is 16.7 Å². The van der Waals surface area contributed by atoms with E-state index in [9.17, 15) is 9.18 Å². The Hall–Kier alpha value is -2.36. The molecule has 21 heavy (non-hydrogen) atoms. The number of carbonyl (C=O) groups is 1. The number of urea groups is 1. The molecule has 0 aromatic heterocycles. The Bertz CT molecular complexity index is 596. The molecule has 0 aliphatic rings. The van der Waals surface area contributed by atoms with Gasteiger partial charge in [0.2, 0.25) is 0 Å². The van der Waals surface area contributed by atoms with Crippen LogP contribution >= 0.6 is 0 Å². The van der Waals surface area contributed by atoms with Gasteiger partial charge >= 0.3 is 6.03 Å². The molecule has 0 radical (unpaired) electrons. The third-order valence-corrected chi connectivity index (χ3v) is 3.15. The average molecular weight is 286 g/mol. The molecule has 0 atom stereocenters. The fourth-order valence-electron chi connectivity index (χ4n) is 2.04. The number of hydrogen-bond acceptors (Lipinski definition) is 1. The van der Waals surface area contributed by atoms with Crippen molar-refractivity contribution in [3.8, 4) is 0 Å². The van der Waals surface area contributed by atoms with Crippen LogP contribution in [-0.2, 0) is 13.0 Å². The van der Waals surface area contributed by atoms with E-state index >= 15 is 0 Å². The molecular formula is C17H19FN2O. The fraction of sp³-hybridized carbons (Fsp3) is 0.235. The van der Waals surface area contributed by atoms with Crippen LogP contribution < -0.4 is 10.6 Å². The molecule has 0 heterocycles. The van der Waals surface area contributed by atoms with E-state index in [0.29, 0.717) is 19.5 Å². The second-order valence-corrected chi connectivity index (χ2v) is 4.97. The molecule has 0 aliphatic heterocycles. The highest BCUT2D eigenvalue weighted by Gasteiger charge is 2.01. The van der Waals surface area contributed by atoms with Gasteiger partial charge in [0.25, 0.3) is 0 Å². The molecule has 3 nitrogen and oxygen atoms in total. The molecule has 2 amide bonds. The standard InChI is InChI=1S/C17H19FN2O/c1-13-3-2-4-15(11-13)12-20-17(21)19-10-9-14-5-7-16(18)8-6-14/h2-8,11H,9-10,12H2,1H3,(H2,19,20,21). The maximum atomic E-state index is 12.7. The van der Waals surface area contributed by atoms with Gasteiger partial charge in [0.05, 0.1) is 0 Å². The molecule has 0 spiro atoms. The fourth-order valence-corrected chi connectivity index (χ4v) is 2.04. The smallest absolute Gasteiger partial charge is 0.315 e. The van der Waals surface area contributed by atoms with E-state index in [0.717, 1.165) is 11.1 Å². The van der Waals surface area contributed by atoms with Crippen molar-refractivity contribution in [1.29, 1.82) is 0 Å². The summed E-state index contributed by atoms with van der Waals surface area (Å²) < 4.78 is 12.7. The van der Waals surface area contributed by atoms with Crippen molar-refractivity contribution in [3.63, 3.8) is 0 Å². The number of rotatable bonds is 5. The third-order valence-electron chi connectivity index (χ3n) is 3.15. The Morgan fingerprint density at radius 1 is 1.05 bits per heavy atom. The predicted molar refractivity (Wildman–Crippen MR) is 81.5 cm³/mol. The molecule has 4 heteroatoms. The normalized spacial score (nSPS) is 10.2. The average Bonchev–Trinajstić information content (AvgIpc) is 2.47. The Balaban J connectivity index is 1.69. The predicted octanol–water partition coefficient (Wildman–Crippen LogP) is 3.18. The van der Waals surface area contributed by atoms with Crippen molar-refractivity contribution < 1.29 is 9.18 Å². The summed E-state index contributed by atoms with van der Waals surface area (Å²) in [6, 6.07) is 14.1. The third kappa shape index (κ3) is 5.26. The summed E-state index contributed by atoms with van der Waals surface area (Å²) >= 11 is 0. The van der Waals surface area contributed by atoms with E-state index in [1.807, 2.05) is 31.2 Å². The molecule has 2 aromatic rings. The van der Waals surface area contributed by atoms with Gasteiger partial charge < -0.3 is 10.6 Å². The number of amides is 2. The van der Waals surface area contributed by atoms with Crippen LogP contribution in [0.5, 0.6) is 0 Å². The van der Waals surface area contributed by atoms with Gasteiger partial charge in [-0.1, -0.05) is 42.0 Å². The zero-order valence-corrected chi connectivity index (χ0v) is 12.0. The summed E-state index contributed by atoms with van der Waals surface area (Å²) in [5.74, 6) is -0.248. The lowest BCUT2D eigenvalue weighted by atomic mass is 10.1. The largest absolute Gasteiger partial charge is 0.338 e. The molecule has 0 aliphatic carbocycles. The number of benzene rings is 2. The first kappa shape index (κ1) is 15.0. The topological polar surface area (TPSA) is 41.1 Å². The van der Waals surface area contributed by atoms with Crippen LogP contribution in [0.25, 0.3) is 0 Å². The minimum atomic E-state index is -0.248. The first-order valence-electron chi connectivity index (χ1n) is 6.95. The maximum absolute atomic E-state index is 12.7. The van der Waals surface area contributed by atoms with Gasteiger partial charge in [-0.15, -0.1) is 0 Å². The quantitative estimate of drug-likeness (QED) is 0.871. The van der Waals surface area contributed by atoms with Crippen LogP contribution in [0.4, 0.5) is 9.18 Å². The molecular weight excluding hydrogens is 267 g/mol. The van der Waals surface area contributed by atoms with Gasteiger partial charge in [0.15, 0.2) is 0 Å². The van der Waals surface area contributed by atoms with Crippen molar-refractivity contribution in [2.45, 2.75) is 19.9 Å². The van der Waals surface area contributed by atoms with Crippen LogP contribution in [0.15, 0.2) is 48.5 Å². The lowest BCUT2D eigenvalue weighted by molar-refractivity contribution is 0.240. The maximum Gasteiger partial charge on any atom is 0.315 e. The summed E-state index contributed by atoms with van der Waals surface area (Å²) in [7, 11) is 0. The second-order valence-electron chi connectivity index (χ2n) is 4.97. The van der Waals surface area contributed by atoms with E-state index in [1.54, 1.807) is 12.1 Å². The van der Waals surface area contributed by atoms with Crippen molar-refractivity contribution in [1.82, 2.24) is 10.6 Å². The zero-order chi connectivity index (χ0) is 15.1. The lowest BCUT2D eigenvalue weighted by Crippen LogP contribution is -2.36. The van der Waals surface area contributed by atoms with E-state index in [-0.39, 0.29) is 11.8 Å². The van der Waals surface area contributed by atoms with Gasteiger partial charge in [-0.2, -0.15) is 0 Å². The highest BCUT2D eigenvalue weighted by molar-refractivity contribution is 5.73. The minimum absolute atomic E-state index is 0.196. The molecule has 2 aromatic carbocycles. The minimum Gasteiger partial charge on any atom is -0.338 e. The first-order valence-corrected chi connectivity index (χ1v) is 6.95. The Morgan fingerprint density at radius 2 is 1.81 bits per heavy atom. The molecule has 0 unspecified atom stereocenters. The highest BCUT2D eigenvalue weighted by atomic mass is 19.1. The molecule has 0 saturated carbocycles. The SMILES string of the molecule is Cc1cccc(CNC(=O)NCCc2ccc(F)cc2)c1. The molecule has 2 rings (SSSR count). The summed E-state index contributed by atoms with van der Waals surface area (Å²) in [5.41, 5.74) is 3.24. The molecule has 2 N–H and O–H groups in total. The highest BCUT2D eigenvalue weighted by Crippen LogP contribution is 2.04. The molecule has 110 valence electrons. The lowest BCUT2D eigenvalue weighted by Gasteiger charge is -2.08. The van der Waals surface area contributed by atoms with Gasteiger partial charge in [-0.3, -0.25) is 0 Å². The Morgan fingerprint density at radius 3 is 2.52 bits per heavy atom. The van der Waals surface area contributed by atoms with Crippen LogP contribution in [0, 0.1) is 12.7 Å². The Kier molecular flexibility index (Phi) is 5.32. The summed E-state index contributed by atoms with van der Waals surface area (Å²) in [4.78, 5) is 11.7. The number of carbonyl (C=O) groups excluding carboxylic acids is 1. The molecule has 0 saturated heterocycles. The van der Waals surface area contributed by atoms with Gasteiger partial charge in [0.1, 0.15) is 5.82 Å². The van der Waals surface area contributed by atoms with E-state index in [1.165, 1.54) is 17.7 Å². The number of aryl methyl sites for hydroxylation is 1. The van der Waals surface area contributed by atoms with Gasteiger partial charge in [-0.05, 0) is 36.6 Å². The Labute approximate surface area is 124 Å². The zero-order valence-electron chi connectivity index (χ0n) is 12.0. The van der Waals surface area contributed by atoms with E-state index < -0.39 is 0 Å². The molecule has 0 fully saturated rings. The van der Waals surface area contributed by atoms with Crippen molar-refractivity contribution in [2.75, 3.05) is 6.54 Å². The van der Waals surface area contributed by atoms with Crippen LogP contribution in [-0.4, -0.2) is 12.6 Å². The first-order chi connectivity index (χ1) is 10.1.